The highest BCUT2D eigenvalue weighted by atomic mass is 35.6. The lowest BCUT2D eigenvalue weighted by atomic mass is 10.1. The van der Waals surface area contributed by atoms with E-state index < -0.39 is 38.3 Å². The Morgan fingerprint density at radius 1 is 1.10 bits per heavy atom. The summed E-state index contributed by atoms with van der Waals surface area (Å²) in [6, 6.07) is 11.2. The number of rotatable bonds is 5. The second-order valence-corrected chi connectivity index (χ2v) is 11.0. The third-order valence-electron chi connectivity index (χ3n) is 4.65. The molecule has 1 aliphatic rings. The lowest BCUT2D eigenvalue weighted by molar-refractivity contribution is -0.121. The molecule has 30 heavy (non-hydrogen) atoms. The zero-order chi connectivity index (χ0) is 22.3. The van der Waals surface area contributed by atoms with Crippen LogP contribution in [0.25, 0.3) is 0 Å². The van der Waals surface area contributed by atoms with Crippen LogP contribution in [0.3, 0.4) is 0 Å². The fourth-order valence-corrected chi connectivity index (χ4v) is 4.77. The van der Waals surface area contributed by atoms with Gasteiger partial charge < -0.3 is 10.6 Å². The van der Waals surface area contributed by atoms with Crippen LogP contribution >= 0.6 is 34.8 Å². The minimum atomic E-state index is -4.13. The number of nitrogens with one attached hydrogen (secondary N) is 2. The Kier molecular flexibility index (Phi) is 6.25. The van der Waals surface area contributed by atoms with Crippen molar-refractivity contribution in [3.05, 3.63) is 59.2 Å². The van der Waals surface area contributed by atoms with Crippen LogP contribution in [0.1, 0.15) is 21.5 Å². The van der Waals surface area contributed by atoms with Gasteiger partial charge in [-0.1, -0.05) is 53.0 Å². The average molecular weight is 491 g/mol. The molecule has 7 nitrogen and oxygen atoms in total. The second kappa shape index (κ2) is 8.26. The highest BCUT2D eigenvalue weighted by molar-refractivity contribution is 7.90. The van der Waals surface area contributed by atoms with Crippen LogP contribution in [-0.4, -0.2) is 41.0 Å². The molecular weight excluding hydrogens is 473 g/mol. The van der Waals surface area contributed by atoms with Crippen LogP contribution in [0, 0.1) is 13.8 Å². The van der Waals surface area contributed by atoms with E-state index in [1.807, 2.05) is 26.0 Å². The van der Waals surface area contributed by atoms with Crippen LogP contribution in [-0.2, 0) is 14.8 Å². The molecule has 2 amide bonds. The van der Waals surface area contributed by atoms with E-state index in [1.165, 1.54) is 18.2 Å². The molecule has 2 aromatic carbocycles. The monoisotopic (exact) mass is 489 g/mol. The first-order valence-corrected chi connectivity index (χ1v) is 11.3. The quantitative estimate of drug-likeness (QED) is 0.495. The first-order chi connectivity index (χ1) is 13.9. The molecule has 160 valence electrons. The van der Waals surface area contributed by atoms with Gasteiger partial charge in [-0.05, 0) is 49.2 Å². The number of nitrogens with zero attached hydrogens (tertiary/aromatic N) is 1. The van der Waals surface area contributed by atoms with E-state index in [-0.39, 0.29) is 10.5 Å². The number of aryl methyl sites for hydroxylation is 2. The molecule has 0 radical (unpaired) electrons. The van der Waals surface area contributed by atoms with Gasteiger partial charge in [0.25, 0.3) is 15.9 Å². The number of hydrogen-bond acceptors (Lipinski definition) is 5. The van der Waals surface area contributed by atoms with E-state index in [0.29, 0.717) is 9.99 Å². The van der Waals surface area contributed by atoms with Gasteiger partial charge in [-0.3, -0.25) is 9.59 Å². The number of hydrogen-bond donors (Lipinski definition) is 2. The van der Waals surface area contributed by atoms with Gasteiger partial charge in [0.1, 0.15) is 17.6 Å². The van der Waals surface area contributed by atoms with Gasteiger partial charge in [0, 0.05) is 5.69 Å². The summed E-state index contributed by atoms with van der Waals surface area (Å²) in [5, 5.41) is 5.36. The molecule has 0 fully saturated rings. The Hall–Kier alpha value is -2.00. The highest BCUT2D eigenvalue weighted by Gasteiger charge is 2.42. The summed E-state index contributed by atoms with van der Waals surface area (Å²) < 4.78 is 23.8. The highest BCUT2D eigenvalue weighted by Crippen LogP contribution is 2.32. The molecule has 1 heterocycles. The number of benzene rings is 2. The number of carbonyl (C=O) groups is 2. The lowest BCUT2D eigenvalue weighted by Gasteiger charge is -2.28. The number of sulfonamides is 1. The predicted octanol–water partition coefficient (Wildman–Crippen LogP) is 3.37. The average Bonchev–Trinajstić information content (AvgIpc) is 2.84. The number of amides is 2. The van der Waals surface area contributed by atoms with Crippen molar-refractivity contribution in [3.8, 4) is 0 Å². The largest absolute Gasteiger partial charge is 0.362 e. The summed E-state index contributed by atoms with van der Waals surface area (Å²) in [5.74, 6) is -1.60. The smallest absolute Gasteiger partial charge is 0.269 e. The van der Waals surface area contributed by atoms with Crippen molar-refractivity contribution in [3.63, 3.8) is 0 Å². The van der Waals surface area contributed by atoms with Crippen molar-refractivity contribution in [2.75, 3.05) is 11.9 Å². The molecule has 0 spiro atoms. The lowest BCUT2D eigenvalue weighted by Crippen LogP contribution is -2.52. The van der Waals surface area contributed by atoms with E-state index in [0.717, 1.165) is 11.1 Å². The topological polar surface area (TPSA) is 95.6 Å². The maximum absolute atomic E-state index is 12.6. The Bertz CT molecular complexity index is 1120. The molecular formula is C19H18Cl3N3O4S. The van der Waals surface area contributed by atoms with E-state index in [9.17, 15) is 18.0 Å². The first-order valence-electron chi connectivity index (χ1n) is 8.77. The predicted molar refractivity (Wildman–Crippen MR) is 116 cm³/mol. The maximum Gasteiger partial charge on any atom is 0.269 e. The summed E-state index contributed by atoms with van der Waals surface area (Å²) in [4.78, 5) is 24.9. The summed E-state index contributed by atoms with van der Waals surface area (Å²) in [7, 11) is -4.13. The fourth-order valence-electron chi connectivity index (χ4n) is 2.92. The van der Waals surface area contributed by atoms with Gasteiger partial charge in [0.2, 0.25) is 9.70 Å². The summed E-state index contributed by atoms with van der Waals surface area (Å²) in [5.41, 5.74) is 2.65. The molecule has 0 saturated carbocycles. The maximum atomic E-state index is 12.6. The van der Waals surface area contributed by atoms with Crippen molar-refractivity contribution in [2.24, 2.45) is 0 Å². The van der Waals surface area contributed by atoms with Gasteiger partial charge in [-0.15, -0.1) is 0 Å². The van der Waals surface area contributed by atoms with Gasteiger partial charge in [0.05, 0.1) is 5.56 Å². The van der Waals surface area contributed by atoms with Crippen LogP contribution in [0.4, 0.5) is 5.69 Å². The molecule has 1 aliphatic heterocycles. The number of halogens is 3. The number of anilines is 1. The second-order valence-electron chi connectivity index (χ2n) is 6.80. The van der Waals surface area contributed by atoms with Crippen molar-refractivity contribution in [1.82, 2.24) is 9.62 Å². The van der Waals surface area contributed by atoms with E-state index in [2.05, 4.69) is 10.6 Å². The minimum Gasteiger partial charge on any atom is -0.362 e. The normalized spacial score (nSPS) is 16.2. The summed E-state index contributed by atoms with van der Waals surface area (Å²) in [6.07, 6.45) is -1.18. The molecule has 2 aromatic rings. The third-order valence-corrected chi connectivity index (χ3v) is 7.09. The molecule has 1 atom stereocenters. The Labute approximate surface area is 189 Å². The zero-order valence-corrected chi connectivity index (χ0v) is 19.0. The SMILES string of the molecule is Cc1ccc(N[C@@H](NC(=O)CN2C(=O)c3ccccc3S2(=O)=O)C(Cl)(Cl)Cl)cc1C. The van der Waals surface area contributed by atoms with Crippen molar-refractivity contribution in [2.45, 2.75) is 28.7 Å². The third kappa shape index (κ3) is 4.51. The van der Waals surface area contributed by atoms with Crippen LogP contribution in [0.2, 0.25) is 0 Å². The standard InChI is InChI=1S/C19H18Cl3N3O4S/c1-11-7-8-13(9-12(11)2)23-18(19(20,21)22)24-16(26)10-25-17(27)14-5-3-4-6-15(14)30(25,28)29/h3-9,18,23H,10H2,1-2H3,(H,24,26)/t18-/m0/s1. The Morgan fingerprint density at radius 3 is 2.37 bits per heavy atom. The van der Waals surface area contributed by atoms with E-state index in [1.54, 1.807) is 12.1 Å². The van der Waals surface area contributed by atoms with Crippen LogP contribution in [0.15, 0.2) is 47.4 Å². The Balaban J connectivity index is 1.77. The Morgan fingerprint density at radius 2 is 1.77 bits per heavy atom. The molecule has 0 aromatic heterocycles. The first kappa shape index (κ1) is 22.7. The van der Waals surface area contributed by atoms with Crippen LogP contribution in [0.5, 0.6) is 0 Å². The molecule has 0 unspecified atom stereocenters. The fraction of sp³-hybridized carbons (Fsp3) is 0.263. The van der Waals surface area contributed by atoms with Crippen LogP contribution < -0.4 is 10.6 Å². The molecule has 3 rings (SSSR count). The number of fused-ring (bicyclic) bond motifs is 1. The van der Waals surface area contributed by atoms with Crippen molar-refractivity contribution < 1.29 is 18.0 Å². The van der Waals surface area contributed by atoms with Gasteiger partial charge >= 0.3 is 0 Å². The summed E-state index contributed by atoms with van der Waals surface area (Å²) >= 11 is 18.0. The molecule has 0 aliphatic carbocycles. The van der Waals surface area contributed by atoms with Crippen molar-refractivity contribution >= 4 is 62.3 Å². The number of alkyl halides is 3. The van der Waals surface area contributed by atoms with Crippen molar-refractivity contribution in [1.29, 1.82) is 0 Å². The molecule has 11 heteroatoms. The van der Waals surface area contributed by atoms with Gasteiger partial charge in [0.15, 0.2) is 0 Å². The minimum absolute atomic E-state index is 0.0106. The van der Waals surface area contributed by atoms with E-state index in [4.69, 9.17) is 34.8 Å². The summed E-state index contributed by atoms with van der Waals surface area (Å²) in [6.45, 7) is 3.10. The zero-order valence-electron chi connectivity index (χ0n) is 15.9. The molecule has 0 bridgehead atoms. The van der Waals surface area contributed by atoms with Gasteiger partial charge in [-0.2, -0.15) is 0 Å². The molecule has 2 N–H and O–H groups in total. The molecule has 0 saturated heterocycles. The van der Waals surface area contributed by atoms with Gasteiger partial charge in [-0.25, -0.2) is 12.7 Å². The van der Waals surface area contributed by atoms with E-state index >= 15 is 0 Å². The number of carbonyl (C=O) groups excluding carboxylic acids is 2.